The van der Waals surface area contributed by atoms with Crippen LogP contribution >= 0.6 is 0 Å². The number of ketones is 1. The van der Waals surface area contributed by atoms with Crippen LogP contribution in [-0.4, -0.2) is 51.4 Å². The van der Waals surface area contributed by atoms with E-state index in [9.17, 15) is 4.79 Å². The quantitative estimate of drug-likeness (QED) is 0.374. The molecule has 1 heterocycles. The molecule has 0 spiro atoms. The summed E-state index contributed by atoms with van der Waals surface area (Å²) in [5.74, 6) is 1.22. The third kappa shape index (κ3) is 5.46. The van der Waals surface area contributed by atoms with Gasteiger partial charge in [0.1, 0.15) is 13.2 Å². The van der Waals surface area contributed by atoms with Gasteiger partial charge in [-0.05, 0) is 31.2 Å². The lowest BCUT2D eigenvalue weighted by Gasteiger charge is -2.16. The van der Waals surface area contributed by atoms with Crippen molar-refractivity contribution < 1.29 is 23.7 Å². The maximum Gasteiger partial charge on any atom is 0.163 e. The Morgan fingerprint density at radius 1 is 0.933 bits per heavy atom. The van der Waals surface area contributed by atoms with Crippen molar-refractivity contribution in [3.63, 3.8) is 0 Å². The van der Waals surface area contributed by atoms with Gasteiger partial charge < -0.3 is 24.3 Å². The Kier molecular flexibility index (Phi) is 7.59. The molecule has 7 nitrogen and oxygen atoms in total. The molecule has 0 aliphatic rings. The highest BCUT2D eigenvalue weighted by Crippen LogP contribution is 2.36. The Labute approximate surface area is 175 Å². The molecule has 0 aliphatic carbocycles. The topological polar surface area (TPSA) is 78.9 Å². The van der Waals surface area contributed by atoms with E-state index in [2.05, 4.69) is 10.3 Å². The fraction of sp³-hybridized carbons (Fsp3) is 0.304. The SMILES string of the molecule is COCCOc1cc2nccc(Nc3cccc(C(C)=O)c3)c2cc1OCCOC. The fourth-order valence-electron chi connectivity index (χ4n) is 2.93. The molecule has 0 fully saturated rings. The third-order valence-corrected chi connectivity index (χ3v) is 4.45. The van der Waals surface area contributed by atoms with Crippen molar-refractivity contribution in [2.24, 2.45) is 0 Å². The normalized spacial score (nSPS) is 10.8. The Morgan fingerprint density at radius 2 is 1.63 bits per heavy atom. The summed E-state index contributed by atoms with van der Waals surface area (Å²) in [4.78, 5) is 16.2. The lowest BCUT2D eigenvalue weighted by Crippen LogP contribution is -2.08. The number of anilines is 2. The predicted octanol–water partition coefficient (Wildman–Crippen LogP) is 4.23. The predicted molar refractivity (Wildman–Crippen MR) is 116 cm³/mol. The zero-order chi connectivity index (χ0) is 21.3. The number of nitrogens with one attached hydrogen (secondary N) is 1. The molecule has 0 saturated heterocycles. The van der Waals surface area contributed by atoms with E-state index in [1.165, 1.54) is 0 Å². The summed E-state index contributed by atoms with van der Waals surface area (Å²) >= 11 is 0. The number of ether oxygens (including phenoxy) is 4. The van der Waals surface area contributed by atoms with Gasteiger partial charge in [0.05, 0.1) is 18.7 Å². The molecular weight excluding hydrogens is 384 g/mol. The van der Waals surface area contributed by atoms with Crippen LogP contribution in [0.3, 0.4) is 0 Å². The van der Waals surface area contributed by atoms with E-state index in [-0.39, 0.29) is 5.78 Å². The summed E-state index contributed by atoms with van der Waals surface area (Å²) in [6.45, 7) is 3.28. The fourth-order valence-corrected chi connectivity index (χ4v) is 2.93. The van der Waals surface area contributed by atoms with Gasteiger partial charge in [-0.25, -0.2) is 0 Å². The number of aromatic nitrogens is 1. The number of rotatable bonds is 11. The van der Waals surface area contributed by atoms with Crippen LogP contribution in [0, 0.1) is 0 Å². The molecule has 3 rings (SSSR count). The molecule has 0 aliphatic heterocycles. The van der Waals surface area contributed by atoms with E-state index < -0.39 is 0 Å². The number of hydrogen-bond donors (Lipinski definition) is 1. The van der Waals surface area contributed by atoms with Crippen LogP contribution in [0.1, 0.15) is 17.3 Å². The second-order valence-corrected chi connectivity index (χ2v) is 6.62. The van der Waals surface area contributed by atoms with E-state index in [0.29, 0.717) is 43.5 Å². The molecule has 0 atom stereocenters. The molecule has 0 amide bonds. The summed E-state index contributed by atoms with van der Waals surface area (Å²) in [7, 11) is 3.25. The first-order valence-electron chi connectivity index (χ1n) is 9.66. The number of carbonyl (C=O) groups is 1. The molecule has 1 N–H and O–H groups in total. The van der Waals surface area contributed by atoms with Crippen molar-refractivity contribution >= 4 is 28.1 Å². The van der Waals surface area contributed by atoms with Crippen molar-refractivity contribution in [1.82, 2.24) is 4.98 Å². The molecule has 2 aromatic carbocycles. The minimum atomic E-state index is 0.0184. The van der Waals surface area contributed by atoms with Crippen LogP contribution in [0.4, 0.5) is 11.4 Å². The maximum absolute atomic E-state index is 11.7. The number of benzene rings is 2. The van der Waals surface area contributed by atoms with Crippen LogP contribution in [0.25, 0.3) is 10.9 Å². The molecule has 0 bridgehead atoms. The summed E-state index contributed by atoms with van der Waals surface area (Å²) in [6.07, 6.45) is 1.73. The first-order valence-corrected chi connectivity index (χ1v) is 9.66. The second-order valence-electron chi connectivity index (χ2n) is 6.62. The molecule has 0 saturated carbocycles. The minimum absolute atomic E-state index is 0.0184. The van der Waals surface area contributed by atoms with Crippen molar-refractivity contribution in [1.29, 1.82) is 0 Å². The summed E-state index contributed by atoms with van der Waals surface area (Å²) in [5.41, 5.74) is 3.07. The monoisotopic (exact) mass is 410 g/mol. The largest absolute Gasteiger partial charge is 0.487 e. The van der Waals surface area contributed by atoms with E-state index in [1.807, 2.05) is 36.4 Å². The molecule has 158 valence electrons. The van der Waals surface area contributed by atoms with E-state index in [4.69, 9.17) is 18.9 Å². The van der Waals surface area contributed by atoms with Crippen LogP contribution in [0.2, 0.25) is 0 Å². The summed E-state index contributed by atoms with van der Waals surface area (Å²) in [5, 5.41) is 4.25. The van der Waals surface area contributed by atoms with E-state index in [0.717, 1.165) is 22.3 Å². The Morgan fingerprint density at radius 3 is 2.30 bits per heavy atom. The lowest BCUT2D eigenvalue weighted by atomic mass is 10.1. The Hall–Kier alpha value is -3.16. The van der Waals surface area contributed by atoms with Gasteiger partial charge in [0.2, 0.25) is 0 Å². The lowest BCUT2D eigenvalue weighted by molar-refractivity contribution is 0.101. The van der Waals surface area contributed by atoms with Gasteiger partial charge in [-0.3, -0.25) is 9.78 Å². The molecule has 30 heavy (non-hydrogen) atoms. The van der Waals surface area contributed by atoms with Gasteiger partial charge in [-0.1, -0.05) is 12.1 Å². The Bertz CT molecular complexity index is 1010. The van der Waals surface area contributed by atoms with Gasteiger partial charge in [0.15, 0.2) is 17.3 Å². The first kappa shape index (κ1) is 21.5. The van der Waals surface area contributed by atoms with Gasteiger partial charge in [0, 0.05) is 48.8 Å². The third-order valence-electron chi connectivity index (χ3n) is 4.45. The smallest absolute Gasteiger partial charge is 0.163 e. The number of pyridine rings is 1. The molecule has 0 radical (unpaired) electrons. The molecule has 0 unspecified atom stereocenters. The van der Waals surface area contributed by atoms with Crippen LogP contribution in [-0.2, 0) is 9.47 Å². The number of methoxy groups -OCH3 is 2. The second kappa shape index (κ2) is 10.6. The zero-order valence-electron chi connectivity index (χ0n) is 17.4. The minimum Gasteiger partial charge on any atom is -0.487 e. The average molecular weight is 410 g/mol. The standard InChI is InChI=1S/C23H26N2O5/c1-16(26)17-5-4-6-18(13-17)25-20-7-8-24-21-15-23(30-12-10-28-3)22(14-19(20)21)29-11-9-27-2/h4-8,13-15H,9-12H2,1-3H3,(H,24,25). The molecule has 7 heteroatoms. The van der Waals surface area contributed by atoms with Crippen molar-refractivity contribution in [3.8, 4) is 11.5 Å². The summed E-state index contributed by atoms with van der Waals surface area (Å²) < 4.78 is 21.9. The number of carbonyl (C=O) groups excluding carboxylic acids is 1. The maximum atomic E-state index is 11.7. The number of Topliss-reactive ketones (excluding diaryl/α,β-unsaturated/α-hetero) is 1. The number of nitrogens with zero attached hydrogens (tertiary/aromatic N) is 1. The molecule has 1 aromatic heterocycles. The first-order chi connectivity index (χ1) is 14.6. The molecule has 3 aromatic rings. The van der Waals surface area contributed by atoms with Gasteiger partial charge in [-0.15, -0.1) is 0 Å². The molecular formula is C23H26N2O5. The van der Waals surface area contributed by atoms with Crippen LogP contribution in [0.5, 0.6) is 11.5 Å². The highest BCUT2D eigenvalue weighted by Gasteiger charge is 2.12. The Balaban J connectivity index is 1.96. The van der Waals surface area contributed by atoms with Gasteiger partial charge in [-0.2, -0.15) is 0 Å². The highest BCUT2D eigenvalue weighted by molar-refractivity contribution is 5.97. The highest BCUT2D eigenvalue weighted by atomic mass is 16.5. The van der Waals surface area contributed by atoms with Crippen LogP contribution < -0.4 is 14.8 Å². The van der Waals surface area contributed by atoms with Gasteiger partial charge >= 0.3 is 0 Å². The average Bonchev–Trinajstić information content (AvgIpc) is 2.75. The number of fused-ring (bicyclic) bond motifs is 1. The van der Waals surface area contributed by atoms with E-state index in [1.54, 1.807) is 33.4 Å². The zero-order valence-corrected chi connectivity index (χ0v) is 17.4. The van der Waals surface area contributed by atoms with Crippen molar-refractivity contribution in [2.75, 3.05) is 46.0 Å². The van der Waals surface area contributed by atoms with E-state index >= 15 is 0 Å². The summed E-state index contributed by atoms with van der Waals surface area (Å²) in [6, 6.07) is 13.0. The van der Waals surface area contributed by atoms with Crippen molar-refractivity contribution in [2.45, 2.75) is 6.92 Å². The van der Waals surface area contributed by atoms with Crippen molar-refractivity contribution in [3.05, 3.63) is 54.2 Å². The van der Waals surface area contributed by atoms with Crippen LogP contribution in [0.15, 0.2) is 48.7 Å². The number of hydrogen-bond acceptors (Lipinski definition) is 7. The van der Waals surface area contributed by atoms with Gasteiger partial charge in [0.25, 0.3) is 0 Å².